The molecule has 7 heteroatoms. The second-order valence-electron chi connectivity index (χ2n) is 3.45. The van der Waals surface area contributed by atoms with Crippen molar-refractivity contribution in [1.29, 1.82) is 0 Å². The summed E-state index contributed by atoms with van der Waals surface area (Å²) < 4.78 is 0.302. The van der Waals surface area contributed by atoms with Crippen LogP contribution in [0.15, 0.2) is 29.3 Å². The Morgan fingerprint density at radius 3 is 2.82 bits per heavy atom. The van der Waals surface area contributed by atoms with Gasteiger partial charge in [0.05, 0.1) is 5.69 Å². The third-order valence-electron chi connectivity index (χ3n) is 2.35. The van der Waals surface area contributed by atoms with Crippen molar-refractivity contribution in [1.82, 2.24) is 15.2 Å². The van der Waals surface area contributed by atoms with E-state index in [2.05, 4.69) is 25.5 Å². The molecule has 2 aromatic rings. The predicted octanol–water partition coefficient (Wildman–Crippen LogP) is 1.54. The van der Waals surface area contributed by atoms with E-state index in [1.165, 1.54) is 0 Å². The number of nitrogens with one attached hydrogen (secondary N) is 3. The Labute approximate surface area is 101 Å². The number of para-hydroxylation sites is 1. The molecular weight excluding hydrogens is 238 g/mol. The van der Waals surface area contributed by atoms with E-state index in [-0.39, 0.29) is 11.9 Å². The number of aromatic amines is 2. The Kier molecular flexibility index (Phi) is 2.12. The lowest BCUT2D eigenvalue weighted by Crippen LogP contribution is -2.14. The Bertz CT molecular complexity index is 684. The molecule has 3 rings (SSSR count). The van der Waals surface area contributed by atoms with Gasteiger partial charge in [0.2, 0.25) is 10.7 Å². The molecule has 0 bridgehead atoms. The first-order valence-electron chi connectivity index (χ1n) is 4.88. The van der Waals surface area contributed by atoms with Crippen molar-refractivity contribution < 1.29 is 4.79 Å². The lowest BCUT2D eigenvalue weighted by Gasteiger charge is -1.94. The number of H-pyrrole nitrogens is 2. The van der Waals surface area contributed by atoms with E-state index in [9.17, 15) is 4.79 Å². The summed E-state index contributed by atoms with van der Waals surface area (Å²) >= 11 is 4.81. The highest BCUT2D eigenvalue weighted by molar-refractivity contribution is 7.71. The summed E-state index contributed by atoms with van der Waals surface area (Å²) in [6.07, 6.45) is 0. The fourth-order valence-corrected chi connectivity index (χ4v) is 1.77. The van der Waals surface area contributed by atoms with Crippen molar-refractivity contribution in [2.45, 2.75) is 0 Å². The van der Waals surface area contributed by atoms with Gasteiger partial charge in [-0.25, -0.2) is 4.99 Å². The smallest absolute Gasteiger partial charge is 0.275 e. The van der Waals surface area contributed by atoms with Crippen molar-refractivity contribution in [2.24, 2.45) is 4.99 Å². The average molecular weight is 245 g/mol. The van der Waals surface area contributed by atoms with E-state index in [4.69, 9.17) is 12.2 Å². The molecule has 3 N–H and O–H groups in total. The topological polar surface area (TPSA) is 85.9 Å². The Balaban J connectivity index is 2.12. The number of rotatable bonds is 1. The van der Waals surface area contributed by atoms with Crippen molar-refractivity contribution in [3.05, 3.63) is 34.6 Å². The van der Waals surface area contributed by atoms with Gasteiger partial charge in [0.15, 0.2) is 0 Å². The van der Waals surface area contributed by atoms with Gasteiger partial charge in [-0.05, 0) is 18.3 Å². The van der Waals surface area contributed by atoms with Crippen molar-refractivity contribution in [3.63, 3.8) is 0 Å². The second kappa shape index (κ2) is 3.63. The molecule has 0 spiro atoms. The van der Waals surface area contributed by atoms with Crippen LogP contribution in [-0.2, 0) is 4.79 Å². The molecule has 2 heterocycles. The maximum absolute atomic E-state index is 11.7. The SMILES string of the molecule is O=C1Nc2ccccc2/C1=N/c1nc(=S)[nH][nH]1. The van der Waals surface area contributed by atoms with Gasteiger partial charge in [-0.3, -0.25) is 15.0 Å². The molecule has 0 aliphatic carbocycles. The normalized spacial score (nSPS) is 16.0. The van der Waals surface area contributed by atoms with Gasteiger partial charge in [0, 0.05) is 5.56 Å². The van der Waals surface area contributed by atoms with E-state index in [0.717, 1.165) is 11.3 Å². The lowest BCUT2D eigenvalue weighted by atomic mass is 10.1. The number of aromatic nitrogens is 3. The molecule has 0 atom stereocenters. The maximum Gasteiger partial charge on any atom is 0.275 e. The molecule has 84 valence electrons. The molecule has 1 aliphatic heterocycles. The van der Waals surface area contributed by atoms with Crippen LogP contribution in [-0.4, -0.2) is 26.8 Å². The van der Waals surface area contributed by atoms with Crippen LogP contribution in [0.1, 0.15) is 5.56 Å². The van der Waals surface area contributed by atoms with Crippen molar-refractivity contribution >= 4 is 35.5 Å². The van der Waals surface area contributed by atoms with Gasteiger partial charge in [0.1, 0.15) is 5.71 Å². The summed E-state index contributed by atoms with van der Waals surface area (Å²) in [7, 11) is 0. The van der Waals surface area contributed by atoms with E-state index < -0.39 is 0 Å². The van der Waals surface area contributed by atoms with Gasteiger partial charge in [-0.15, -0.1) is 0 Å². The van der Waals surface area contributed by atoms with Crippen LogP contribution in [0.2, 0.25) is 0 Å². The molecule has 1 aromatic carbocycles. The zero-order valence-corrected chi connectivity index (χ0v) is 9.34. The number of fused-ring (bicyclic) bond motifs is 1. The fourth-order valence-electron chi connectivity index (χ4n) is 1.63. The molecule has 0 fully saturated rings. The average Bonchev–Trinajstić information content (AvgIpc) is 2.85. The molecular formula is C10H7N5OS. The summed E-state index contributed by atoms with van der Waals surface area (Å²) in [5.41, 5.74) is 1.85. The van der Waals surface area contributed by atoms with Crippen molar-refractivity contribution in [3.8, 4) is 0 Å². The molecule has 17 heavy (non-hydrogen) atoms. The summed E-state index contributed by atoms with van der Waals surface area (Å²) in [6, 6.07) is 7.35. The summed E-state index contributed by atoms with van der Waals surface area (Å²) in [5, 5.41) is 8.02. The number of anilines is 1. The second-order valence-corrected chi connectivity index (χ2v) is 3.84. The number of carbonyl (C=O) groups excluding carboxylic acids is 1. The largest absolute Gasteiger partial charge is 0.320 e. The van der Waals surface area contributed by atoms with Crippen LogP contribution in [0.4, 0.5) is 11.6 Å². The molecule has 6 nitrogen and oxygen atoms in total. The van der Waals surface area contributed by atoms with Crippen LogP contribution in [0, 0.1) is 4.77 Å². The minimum absolute atomic E-state index is 0.242. The van der Waals surface area contributed by atoms with Crippen LogP contribution in [0.25, 0.3) is 0 Å². The van der Waals surface area contributed by atoms with E-state index in [0.29, 0.717) is 10.5 Å². The molecule has 0 unspecified atom stereocenters. The number of hydrogen-bond donors (Lipinski definition) is 3. The summed E-state index contributed by atoms with van der Waals surface area (Å²) in [5.74, 6) is 0.0466. The van der Waals surface area contributed by atoms with Crippen molar-refractivity contribution in [2.75, 3.05) is 5.32 Å². The molecule has 1 aliphatic rings. The third-order valence-corrected chi connectivity index (χ3v) is 2.55. The first-order chi connectivity index (χ1) is 8.24. The van der Waals surface area contributed by atoms with E-state index >= 15 is 0 Å². The minimum Gasteiger partial charge on any atom is -0.320 e. The maximum atomic E-state index is 11.7. The third kappa shape index (κ3) is 1.66. The van der Waals surface area contributed by atoms with Crippen LogP contribution in [0.3, 0.4) is 0 Å². The molecule has 1 amide bonds. The highest BCUT2D eigenvalue weighted by atomic mass is 32.1. The first kappa shape index (κ1) is 9.91. The Morgan fingerprint density at radius 2 is 2.06 bits per heavy atom. The molecule has 0 saturated heterocycles. The van der Waals surface area contributed by atoms with Crippen LogP contribution in [0.5, 0.6) is 0 Å². The number of amides is 1. The van der Waals surface area contributed by atoms with E-state index in [1.54, 1.807) is 0 Å². The molecule has 0 saturated carbocycles. The van der Waals surface area contributed by atoms with Gasteiger partial charge < -0.3 is 5.32 Å². The zero-order valence-electron chi connectivity index (χ0n) is 8.52. The molecule has 0 radical (unpaired) electrons. The highest BCUT2D eigenvalue weighted by Crippen LogP contribution is 2.23. The van der Waals surface area contributed by atoms with Gasteiger partial charge in [0.25, 0.3) is 5.91 Å². The Morgan fingerprint density at radius 1 is 1.24 bits per heavy atom. The molecule has 1 aromatic heterocycles. The minimum atomic E-state index is -0.242. The van der Waals surface area contributed by atoms with Crippen LogP contribution < -0.4 is 5.32 Å². The Hall–Kier alpha value is -2.28. The van der Waals surface area contributed by atoms with Gasteiger partial charge in [-0.1, -0.05) is 18.2 Å². The quantitative estimate of drug-likeness (QED) is 0.666. The number of carbonyl (C=O) groups is 1. The number of benzene rings is 1. The van der Waals surface area contributed by atoms with Gasteiger partial charge in [-0.2, -0.15) is 4.98 Å². The number of nitrogens with zero attached hydrogens (tertiary/aromatic N) is 2. The monoisotopic (exact) mass is 245 g/mol. The first-order valence-corrected chi connectivity index (χ1v) is 5.29. The van der Waals surface area contributed by atoms with Gasteiger partial charge >= 0.3 is 0 Å². The zero-order chi connectivity index (χ0) is 11.8. The van der Waals surface area contributed by atoms with Crippen LogP contribution >= 0.6 is 12.2 Å². The standard InChI is InChI=1S/C10H7N5OS/c16-8-7(12-9-13-10(17)15-14-9)5-3-1-2-4-6(5)11-8/h1-4H,(H3,11,12,13,14,15,16,17). The lowest BCUT2D eigenvalue weighted by molar-refractivity contribution is -0.110. The summed E-state index contributed by atoms with van der Waals surface area (Å²) in [6.45, 7) is 0. The predicted molar refractivity (Wildman–Crippen MR) is 65.0 cm³/mol. The summed E-state index contributed by atoms with van der Waals surface area (Å²) in [4.78, 5) is 19.8. The van der Waals surface area contributed by atoms with E-state index in [1.807, 2.05) is 24.3 Å². The number of hydrogen-bond acceptors (Lipinski definition) is 4. The number of aliphatic imine (C=N–C) groups is 1. The fraction of sp³-hybridized carbons (Fsp3) is 0. The highest BCUT2D eigenvalue weighted by Gasteiger charge is 2.25.